The van der Waals surface area contributed by atoms with Crippen molar-refractivity contribution in [1.82, 2.24) is 15.6 Å². The van der Waals surface area contributed by atoms with Crippen molar-refractivity contribution in [3.05, 3.63) is 84.1 Å². The highest BCUT2D eigenvalue weighted by Gasteiger charge is 2.07. The van der Waals surface area contributed by atoms with E-state index in [9.17, 15) is 0 Å². The maximum absolute atomic E-state index is 4.42. The average molecular weight is 371 g/mol. The Kier molecular flexibility index (Phi) is 5.52. The highest BCUT2D eigenvalue weighted by atomic mass is 15.2. The maximum atomic E-state index is 4.42. The van der Waals surface area contributed by atoms with E-state index in [0.717, 1.165) is 31.1 Å². The first kappa shape index (κ1) is 18.0. The second-order valence-electron chi connectivity index (χ2n) is 6.81. The lowest BCUT2D eigenvalue weighted by Crippen LogP contribution is -2.36. The van der Waals surface area contributed by atoms with Crippen molar-refractivity contribution in [2.45, 2.75) is 13.1 Å². The quantitative estimate of drug-likeness (QED) is 0.410. The molecule has 1 aliphatic heterocycles. The fourth-order valence-corrected chi connectivity index (χ4v) is 3.41. The lowest BCUT2D eigenvalue weighted by atomic mass is 10.1. The molecule has 0 unspecified atom stereocenters. The first-order chi connectivity index (χ1) is 13.8. The summed E-state index contributed by atoms with van der Waals surface area (Å²) in [6, 6.07) is 19.0. The zero-order chi connectivity index (χ0) is 19.2. The molecule has 5 heteroatoms. The topological polar surface area (TPSA) is 52.6 Å². The fraction of sp³-hybridized carbons (Fsp3) is 0.217. The summed E-state index contributed by atoms with van der Waals surface area (Å²) in [7, 11) is 1.80. The molecule has 28 heavy (non-hydrogen) atoms. The molecule has 0 bridgehead atoms. The summed E-state index contributed by atoms with van der Waals surface area (Å²) in [4.78, 5) is 11.1. The van der Waals surface area contributed by atoms with Gasteiger partial charge in [-0.3, -0.25) is 9.98 Å². The molecular formula is C23H25N5. The number of anilines is 1. The second-order valence-corrected chi connectivity index (χ2v) is 6.81. The molecule has 4 rings (SSSR count). The van der Waals surface area contributed by atoms with E-state index in [1.807, 2.05) is 24.4 Å². The number of para-hydroxylation sites is 1. The number of benzene rings is 2. The van der Waals surface area contributed by atoms with Crippen molar-refractivity contribution in [2.75, 3.05) is 25.0 Å². The number of hydrogen-bond acceptors (Lipinski definition) is 3. The Morgan fingerprint density at radius 2 is 1.71 bits per heavy atom. The van der Waals surface area contributed by atoms with Gasteiger partial charge in [0, 0.05) is 50.5 Å². The van der Waals surface area contributed by atoms with Crippen LogP contribution in [0.3, 0.4) is 0 Å². The Morgan fingerprint density at radius 1 is 0.964 bits per heavy atom. The van der Waals surface area contributed by atoms with Gasteiger partial charge >= 0.3 is 0 Å². The molecule has 5 nitrogen and oxygen atoms in total. The van der Waals surface area contributed by atoms with Crippen LogP contribution in [0.1, 0.15) is 11.1 Å². The third kappa shape index (κ3) is 4.14. The highest BCUT2D eigenvalue weighted by Crippen LogP contribution is 2.18. The number of nitrogens with zero attached hydrogens (tertiary/aromatic N) is 3. The summed E-state index contributed by atoms with van der Waals surface area (Å²) in [5.41, 5.74) is 4.71. The van der Waals surface area contributed by atoms with Gasteiger partial charge in [-0.15, -0.1) is 0 Å². The van der Waals surface area contributed by atoms with E-state index >= 15 is 0 Å². The molecule has 0 radical (unpaired) electrons. The Labute approximate surface area is 165 Å². The first-order valence-corrected chi connectivity index (χ1v) is 9.59. The van der Waals surface area contributed by atoms with Crippen molar-refractivity contribution >= 4 is 22.5 Å². The minimum Gasteiger partial charge on any atom is -0.364 e. The van der Waals surface area contributed by atoms with Gasteiger partial charge in [0.1, 0.15) is 0 Å². The molecule has 0 saturated carbocycles. The molecule has 0 spiro atoms. The van der Waals surface area contributed by atoms with Crippen molar-refractivity contribution in [2.24, 2.45) is 4.99 Å². The molecule has 2 N–H and O–H groups in total. The predicted molar refractivity (Wildman–Crippen MR) is 117 cm³/mol. The van der Waals surface area contributed by atoms with E-state index < -0.39 is 0 Å². The predicted octanol–water partition coefficient (Wildman–Crippen LogP) is 3.48. The zero-order valence-corrected chi connectivity index (χ0v) is 16.1. The van der Waals surface area contributed by atoms with Gasteiger partial charge in [-0.25, -0.2) is 0 Å². The van der Waals surface area contributed by atoms with E-state index in [1.165, 1.54) is 22.2 Å². The van der Waals surface area contributed by atoms with Gasteiger partial charge < -0.3 is 15.5 Å². The molecule has 0 saturated heterocycles. The van der Waals surface area contributed by atoms with E-state index in [-0.39, 0.29) is 0 Å². The molecule has 3 aromatic rings. The van der Waals surface area contributed by atoms with E-state index in [4.69, 9.17) is 0 Å². The van der Waals surface area contributed by atoms with E-state index in [1.54, 1.807) is 7.05 Å². The third-order valence-electron chi connectivity index (χ3n) is 4.99. The van der Waals surface area contributed by atoms with Crippen molar-refractivity contribution in [3.8, 4) is 0 Å². The Morgan fingerprint density at radius 3 is 2.50 bits per heavy atom. The van der Waals surface area contributed by atoms with Gasteiger partial charge in [0.15, 0.2) is 5.96 Å². The standard InChI is InChI=1S/C23H25N5/c1-24-23(27-17-19-12-13-25-22-7-3-2-6-21(19)22)26-16-18-8-10-20(11-9-18)28-14-4-5-15-28/h2-13H,14-17H2,1H3,(H2,24,26,27). The van der Waals surface area contributed by atoms with Crippen LogP contribution >= 0.6 is 0 Å². The summed E-state index contributed by atoms with van der Waals surface area (Å²) in [6.45, 7) is 3.43. The molecule has 2 aromatic carbocycles. The number of nitrogens with one attached hydrogen (secondary N) is 2. The van der Waals surface area contributed by atoms with Crippen LogP contribution in [-0.2, 0) is 13.1 Å². The fourth-order valence-electron chi connectivity index (χ4n) is 3.41. The first-order valence-electron chi connectivity index (χ1n) is 9.59. The Hall–Kier alpha value is -3.34. The van der Waals surface area contributed by atoms with Crippen LogP contribution in [0.2, 0.25) is 0 Å². The number of aromatic nitrogens is 1. The lowest BCUT2D eigenvalue weighted by molar-refractivity contribution is 0.811. The van der Waals surface area contributed by atoms with Crippen LogP contribution in [-0.4, -0.2) is 31.1 Å². The van der Waals surface area contributed by atoms with Crippen LogP contribution in [0.15, 0.2) is 77.9 Å². The van der Waals surface area contributed by atoms with Gasteiger partial charge in [-0.2, -0.15) is 0 Å². The van der Waals surface area contributed by atoms with Crippen LogP contribution in [0.5, 0.6) is 0 Å². The second kappa shape index (κ2) is 8.57. The van der Waals surface area contributed by atoms with Gasteiger partial charge in [0.2, 0.25) is 0 Å². The largest absolute Gasteiger partial charge is 0.364 e. The van der Waals surface area contributed by atoms with Crippen LogP contribution in [0.4, 0.5) is 5.69 Å². The molecule has 0 amide bonds. The van der Waals surface area contributed by atoms with Crippen molar-refractivity contribution in [3.63, 3.8) is 0 Å². The normalized spacial score (nSPS) is 13.9. The van der Waals surface area contributed by atoms with Gasteiger partial charge in [-0.1, -0.05) is 42.5 Å². The molecule has 142 valence electrons. The minimum atomic E-state index is 0.698. The average Bonchev–Trinajstić information content (AvgIpc) is 3.29. The highest BCUT2D eigenvalue weighted by molar-refractivity contribution is 5.83. The number of aliphatic imine (C=N–C) groups is 1. The van der Waals surface area contributed by atoms with E-state index in [2.05, 4.69) is 74.1 Å². The van der Waals surface area contributed by atoms with Crippen LogP contribution in [0, 0.1) is 0 Å². The zero-order valence-electron chi connectivity index (χ0n) is 16.1. The van der Waals surface area contributed by atoms with Gasteiger partial charge in [0.25, 0.3) is 0 Å². The number of hydrogen-bond donors (Lipinski definition) is 2. The summed E-state index contributed by atoms with van der Waals surface area (Å²) in [5.74, 6) is 0.786. The van der Waals surface area contributed by atoms with Gasteiger partial charge in [0.05, 0.1) is 5.52 Å². The molecule has 0 atom stereocenters. The smallest absolute Gasteiger partial charge is 0.191 e. The summed E-state index contributed by atoms with van der Waals surface area (Å²) in [5, 5.41) is 7.96. The lowest BCUT2D eigenvalue weighted by Gasteiger charge is -2.18. The molecular weight excluding hydrogens is 346 g/mol. The molecule has 2 heterocycles. The third-order valence-corrected chi connectivity index (χ3v) is 4.99. The summed E-state index contributed by atoms with van der Waals surface area (Å²) < 4.78 is 0. The Bertz CT molecular complexity index is 978. The Balaban J connectivity index is 1.33. The van der Waals surface area contributed by atoms with Gasteiger partial charge in [-0.05, 0) is 35.4 Å². The van der Waals surface area contributed by atoms with Crippen molar-refractivity contribution in [1.29, 1.82) is 0 Å². The summed E-state index contributed by atoms with van der Waals surface area (Å²) >= 11 is 0. The van der Waals surface area contributed by atoms with Crippen molar-refractivity contribution < 1.29 is 0 Å². The van der Waals surface area contributed by atoms with Crippen LogP contribution in [0.25, 0.3) is 10.9 Å². The minimum absolute atomic E-state index is 0.698. The number of pyridine rings is 1. The molecule has 0 aliphatic carbocycles. The van der Waals surface area contributed by atoms with Crippen LogP contribution < -0.4 is 15.5 Å². The SMILES string of the molecule is CN=C(NCc1ccc(N2CC=CC2)cc1)NCc1ccnc2ccccc12. The molecule has 1 aliphatic rings. The number of guanidine groups is 1. The monoisotopic (exact) mass is 371 g/mol. The molecule has 1 aromatic heterocycles. The maximum Gasteiger partial charge on any atom is 0.191 e. The summed E-state index contributed by atoms with van der Waals surface area (Å²) in [6.07, 6.45) is 6.27. The van der Waals surface area contributed by atoms with E-state index in [0.29, 0.717) is 6.54 Å². The number of fused-ring (bicyclic) bond motifs is 1. The molecule has 0 fully saturated rings. The number of rotatable bonds is 5.